The molecule has 3 fully saturated rings. The molecule has 3 aliphatic heterocycles. The number of piperidine rings is 1. The van der Waals surface area contributed by atoms with Crippen molar-refractivity contribution in [1.82, 2.24) is 20.3 Å². The molecule has 162 valence electrons. The SMILES string of the molecule is CC1(C)CC(Nc2nc(N3CCOCC3)nc(N3CCOCC3)n2)CC(C)(C)N1. The second-order valence-corrected chi connectivity index (χ2v) is 9.60. The number of morpholine rings is 2. The third kappa shape index (κ3) is 5.26. The molecule has 1 aromatic rings. The smallest absolute Gasteiger partial charge is 0.232 e. The lowest BCUT2D eigenvalue weighted by atomic mass is 9.80. The molecule has 0 unspecified atom stereocenters. The van der Waals surface area contributed by atoms with Crippen molar-refractivity contribution in [2.45, 2.75) is 57.7 Å². The summed E-state index contributed by atoms with van der Waals surface area (Å²) in [4.78, 5) is 18.8. The first-order valence-electron chi connectivity index (χ1n) is 10.8. The standard InChI is InChI=1S/C20H35N7O2/c1-19(2)13-15(14-20(3,4)25-19)21-16-22-17(26-5-9-28-10-6-26)24-18(23-16)27-7-11-29-12-8-27/h15,25H,5-14H2,1-4H3,(H,21,22,23,24). The van der Waals surface area contributed by atoms with Crippen molar-refractivity contribution in [3.63, 3.8) is 0 Å². The minimum Gasteiger partial charge on any atom is -0.378 e. The van der Waals surface area contributed by atoms with E-state index in [1.165, 1.54) is 0 Å². The van der Waals surface area contributed by atoms with Gasteiger partial charge in [0.25, 0.3) is 0 Å². The van der Waals surface area contributed by atoms with Gasteiger partial charge in [-0.25, -0.2) is 0 Å². The Morgan fingerprint density at radius 1 is 0.793 bits per heavy atom. The summed E-state index contributed by atoms with van der Waals surface area (Å²) in [6.07, 6.45) is 2.03. The summed E-state index contributed by atoms with van der Waals surface area (Å²) in [7, 11) is 0. The molecule has 29 heavy (non-hydrogen) atoms. The van der Waals surface area contributed by atoms with E-state index in [1.54, 1.807) is 0 Å². The molecule has 9 heteroatoms. The Morgan fingerprint density at radius 2 is 1.24 bits per heavy atom. The average molecular weight is 406 g/mol. The molecule has 1 aromatic heterocycles. The number of anilines is 3. The Morgan fingerprint density at radius 3 is 1.69 bits per heavy atom. The van der Waals surface area contributed by atoms with E-state index in [0.29, 0.717) is 38.4 Å². The molecular formula is C20H35N7O2. The quantitative estimate of drug-likeness (QED) is 0.769. The highest BCUT2D eigenvalue weighted by Crippen LogP contribution is 2.30. The van der Waals surface area contributed by atoms with Crippen molar-refractivity contribution in [2.24, 2.45) is 0 Å². The van der Waals surface area contributed by atoms with Gasteiger partial charge >= 0.3 is 0 Å². The molecule has 9 nitrogen and oxygen atoms in total. The van der Waals surface area contributed by atoms with Gasteiger partial charge < -0.3 is 29.9 Å². The number of hydrogen-bond acceptors (Lipinski definition) is 9. The lowest BCUT2D eigenvalue weighted by molar-refractivity contribution is 0.121. The fourth-order valence-electron chi connectivity index (χ4n) is 4.83. The van der Waals surface area contributed by atoms with E-state index in [1.807, 2.05) is 0 Å². The summed E-state index contributed by atoms with van der Waals surface area (Å²) in [5, 5.41) is 7.37. The van der Waals surface area contributed by atoms with Gasteiger partial charge in [-0.3, -0.25) is 0 Å². The van der Waals surface area contributed by atoms with E-state index in [-0.39, 0.29) is 11.1 Å². The molecule has 0 amide bonds. The van der Waals surface area contributed by atoms with Crippen molar-refractivity contribution in [1.29, 1.82) is 0 Å². The number of nitrogens with zero attached hydrogens (tertiary/aromatic N) is 5. The molecular weight excluding hydrogens is 370 g/mol. The predicted molar refractivity (Wildman–Crippen MR) is 114 cm³/mol. The van der Waals surface area contributed by atoms with Crippen LogP contribution in [0, 0.1) is 0 Å². The molecule has 3 saturated heterocycles. The van der Waals surface area contributed by atoms with Crippen molar-refractivity contribution in [2.75, 3.05) is 67.7 Å². The van der Waals surface area contributed by atoms with Crippen LogP contribution >= 0.6 is 0 Å². The van der Waals surface area contributed by atoms with E-state index in [9.17, 15) is 0 Å². The van der Waals surface area contributed by atoms with Crippen LogP contribution in [0.4, 0.5) is 17.8 Å². The fraction of sp³-hybridized carbons (Fsp3) is 0.850. The summed E-state index contributed by atoms with van der Waals surface area (Å²) in [6, 6.07) is 0.304. The van der Waals surface area contributed by atoms with Crippen LogP contribution < -0.4 is 20.4 Å². The predicted octanol–water partition coefficient (Wildman–Crippen LogP) is 1.27. The zero-order valence-electron chi connectivity index (χ0n) is 18.2. The Kier molecular flexibility index (Phi) is 5.81. The molecule has 2 N–H and O–H groups in total. The minimum atomic E-state index is 0.0620. The van der Waals surface area contributed by atoms with Crippen LogP contribution in [0.3, 0.4) is 0 Å². The monoisotopic (exact) mass is 405 g/mol. The molecule has 0 aromatic carbocycles. The van der Waals surface area contributed by atoms with Crippen LogP contribution in [0.2, 0.25) is 0 Å². The van der Waals surface area contributed by atoms with E-state index in [2.05, 4.69) is 48.1 Å². The van der Waals surface area contributed by atoms with Gasteiger partial charge in [0.2, 0.25) is 17.8 Å². The number of hydrogen-bond donors (Lipinski definition) is 2. The van der Waals surface area contributed by atoms with E-state index in [4.69, 9.17) is 24.4 Å². The largest absolute Gasteiger partial charge is 0.378 e. The van der Waals surface area contributed by atoms with Gasteiger partial charge in [0.15, 0.2) is 0 Å². The maximum atomic E-state index is 5.50. The topological polar surface area (TPSA) is 87.7 Å². The summed E-state index contributed by atoms with van der Waals surface area (Å²) in [5.41, 5.74) is 0.124. The summed E-state index contributed by atoms with van der Waals surface area (Å²) in [6.45, 7) is 15.1. The van der Waals surface area contributed by atoms with Crippen molar-refractivity contribution in [3.05, 3.63) is 0 Å². The third-order valence-electron chi connectivity index (χ3n) is 5.72. The highest BCUT2D eigenvalue weighted by Gasteiger charge is 2.38. The lowest BCUT2D eigenvalue weighted by Crippen LogP contribution is -2.60. The van der Waals surface area contributed by atoms with Crippen LogP contribution in [-0.4, -0.2) is 84.7 Å². The van der Waals surface area contributed by atoms with E-state index < -0.39 is 0 Å². The number of nitrogens with one attached hydrogen (secondary N) is 2. The van der Waals surface area contributed by atoms with Crippen LogP contribution in [0.5, 0.6) is 0 Å². The van der Waals surface area contributed by atoms with E-state index in [0.717, 1.165) is 50.9 Å². The molecule has 0 spiro atoms. The Hall–Kier alpha value is -1.71. The van der Waals surface area contributed by atoms with Crippen molar-refractivity contribution < 1.29 is 9.47 Å². The van der Waals surface area contributed by atoms with Crippen LogP contribution in [0.15, 0.2) is 0 Å². The number of rotatable bonds is 4. The molecule has 0 radical (unpaired) electrons. The lowest BCUT2D eigenvalue weighted by Gasteiger charge is -2.46. The average Bonchev–Trinajstić information content (AvgIpc) is 2.66. The fourth-order valence-corrected chi connectivity index (χ4v) is 4.83. The second-order valence-electron chi connectivity index (χ2n) is 9.60. The molecule has 3 aliphatic rings. The molecule has 4 heterocycles. The molecule has 0 bridgehead atoms. The first-order chi connectivity index (χ1) is 13.8. The second kappa shape index (κ2) is 8.20. The van der Waals surface area contributed by atoms with Gasteiger partial charge in [0.05, 0.1) is 26.4 Å². The first kappa shape index (κ1) is 20.6. The Bertz CT molecular complexity index is 648. The van der Waals surface area contributed by atoms with Gasteiger partial charge in [-0.1, -0.05) is 0 Å². The first-order valence-corrected chi connectivity index (χ1v) is 10.8. The maximum Gasteiger partial charge on any atom is 0.232 e. The van der Waals surface area contributed by atoms with Gasteiger partial charge in [-0.2, -0.15) is 15.0 Å². The Labute approximate surface area is 173 Å². The zero-order chi connectivity index (χ0) is 20.5. The third-order valence-corrected chi connectivity index (χ3v) is 5.72. The number of aromatic nitrogens is 3. The summed E-state index contributed by atoms with van der Waals surface area (Å²) >= 11 is 0. The summed E-state index contributed by atoms with van der Waals surface area (Å²) in [5.74, 6) is 2.14. The Balaban J connectivity index is 1.59. The molecule has 0 aliphatic carbocycles. The maximum absolute atomic E-state index is 5.50. The number of ether oxygens (including phenoxy) is 2. The van der Waals surface area contributed by atoms with Crippen LogP contribution in [0.25, 0.3) is 0 Å². The zero-order valence-corrected chi connectivity index (χ0v) is 18.2. The van der Waals surface area contributed by atoms with Crippen molar-refractivity contribution >= 4 is 17.8 Å². The molecule has 0 atom stereocenters. The molecule has 0 saturated carbocycles. The summed E-state index contributed by atoms with van der Waals surface area (Å²) < 4.78 is 11.0. The van der Waals surface area contributed by atoms with Gasteiger partial charge in [-0.05, 0) is 40.5 Å². The normalized spacial score (nSPS) is 25.1. The van der Waals surface area contributed by atoms with Crippen LogP contribution in [-0.2, 0) is 9.47 Å². The van der Waals surface area contributed by atoms with Crippen LogP contribution in [0.1, 0.15) is 40.5 Å². The highest BCUT2D eigenvalue weighted by molar-refractivity contribution is 5.46. The van der Waals surface area contributed by atoms with Gasteiger partial charge in [0.1, 0.15) is 0 Å². The highest BCUT2D eigenvalue weighted by atomic mass is 16.5. The van der Waals surface area contributed by atoms with Gasteiger partial charge in [0, 0.05) is 43.3 Å². The minimum absolute atomic E-state index is 0.0620. The molecule has 4 rings (SSSR count). The van der Waals surface area contributed by atoms with Crippen molar-refractivity contribution in [3.8, 4) is 0 Å². The van der Waals surface area contributed by atoms with Gasteiger partial charge in [-0.15, -0.1) is 0 Å². The van der Waals surface area contributed by atoms with E-state index >= 15 is 0 Å².